The third-order valence-corrected chi connectivity index (χ3v) is 3.14. The van der Waals surface area contributed by atoms with Crippen LogP contribution >= 0.6 is 0 Å². The summed E-state index contributed by atoms with van der Waals surface area (Å²) in [6, 6.07) is 0.819. The van der Waals surface area contributed by atoms with E-state index in [1.54, 1.807) is 0 Å². The minimum Gasteiger partial charge on any atom is -0.381 e. The van der Waals surface area contributed by atoms with Crippen molar-refractivity contribution in [2.24, 2.45) is 5.92 Å². The van der Waals surface area contributed by atoms with Crippen LogP contribution in [0, 0.1) is 5.92 Å². The van der Waals surface area contributed by atoms with Gasteiger partial charge in [-0.15, -0.1) is 0 Å². The fourth-order valence-corrected chi connectivity index (χ4v) is 2.15. The molecular weight excluding hydrogens is 150 g/mol. The molecule has 0 N–H and O–H groups in total. The standard InChI is InChI=1S/C10H19NO/c1-9-4-2-3-5-11(9)6-10-7-12-8-10/h9-10H,2-8H2,1H3. The Morgan fingerprint density at radius 3 is 2.75 bits per heavy atom. The van der Waals surface area contributed by atoms with Crippen molar-refractivity contribution < 1.29 is 4.74 Å². The molecule has 0 saturated carbocycles. The van der Waals surface area contributed by atoms with E-state index >= 15 is 0 Å². The van der Waals surface area contributed by atoms with Crippen molar-refractivity contribution in [3.05, 3.63) is 0 Å². The molecule has 1 unspecified atom stereocenters. The molecule has 2 heteroatoms. The largest absolute Gasteiger partial charge is 0.381 e. The van der Waals surface area contributed by atoms with Gasteiger partial charge in [0, 0.05) is 18.5 Å². The van der Waals surface area contributed by atoms with Gasteiger partial charge >= 0.3 is 0 Å². The first-order chi connectivity index (χ1) is 5.86. The number of hydrogen-bond donors (Lipinski definition) is 0. The van der Waals surface area contributed by atoms with Crippen molar-refractivity contribution >= 4 is 0 Å². The van der Waals surface area contributed by atoms with Gasteiger partial charge in [0.1, 0.15) is 0 Å². The van der Waals surface area contributed by atoms with Gasteiger partial charge in [-0.25, -0.2) is 0 Å². The highest BCUT2D eigenvalue weighted by Crippen LogP contribution is 2.20. The molecule has 0 radical (unpaired) electrons. The second kappa shape index (κ2) is 3.75. The fraction of sp³-hybridized carbons (Fsp3) is 1.00. The maximum atomic E-state index is 5.18. The molecule has 0 aromatic heterocycles. The first-order valence-corrected chi connectivity index (χ1v) is 5.18. The van der Waals surface area contributed by atoms with Gasteiger partial charge in [0.25, 0.3) is 0 Å². The highest BCUT2D eigenvalue weighted by Gasteiger charge is 2.25. The number of ether oxygens (including phenoxy) is 1. The van der Waals surface area contributed by atoms with E-state index in [0.29, 0.717) is 0 Å². The average Bonchev–Trinajstić information content (AvgIpc) is 2.00. The Kier molecular flexibility index (Phi) is 2.66. The van der Waals surface area contributed by atoms with Gasteiger partial charge < -0.3 is 9.64 Å². The molecule has 0 spiro atoms. The Morgan fingerprint density at radius 2 is 2.17 bits per heavy atom. The molecule has 12 heavy (non-hydrogen) atoms. The predicted molar refractivity (Wildman–Crippen MR) is 49.2 cm³/mol. The van der Waals surface area contributed by atoms with Crippen LogP contribution < -0.4 is 0 Å². The smallest absolute Gasteiger partial charge is 0.0528 e. The Morgan fingerprint density at radius 1 is 1.33 bits per heavy atom. The molecule has 0 aromatic carbocycles. The fourth-order valence-electron chi connectivity index (χ4n) is 2.15. The van der Waals surface area contributed by atoms with Crippen molar-refractivity contribution in [1.82, 2.24) is 4.90 Å². The number of rotatable bonds is 2. The van der Waals surface area contributed by atoms with Crippen LogP contribution in [0.25, 0.3) is 0 Å². The number of hydrogen-bond acceptors (Lipinski definition) is 2. The molecule has 2 rings (SSSR count). The van der Waals surface area contributed by atoms with Gasteiger partial charge in [-0.3, -0.25) is 0 Å². The van der Waals surface area contributed by atoms with Crippen molar-refractivity contribution in [1.29, 1.82) is 0 Å². The molecule has 1 atom stereocenters. The van der Waals surface area contributed by atoms with E-state index in [1.807, 2.05) is 0 Å². The number of likely N-dealkylation sites (tertiary alicyclic amines) is 1. The van der Waals surface area contributed by atoms with Gasteiger partial charge in [-0.05, 0) is 26.3 Å². The summed E-state index contributed by atoms with van der Waals surface area (Å²) in [5.74, 6) is 0.838. The van der Waals surface area contributed by atoms with Crippen LogP contribution in [0.15, 0.2) is 0 Å². The van der Waals surface area contributed by atoms with E-state index in [0.717, 1.165) is 25.2 Å². The minimum absolute atomic E-state index is 0.819. The average molecular weight is 169 g/mol. The lowest BCUT2D eigenvalue weighted by Crippen LogP contribution is -2.45. The first-order valence-electron chi connectivity index (χ1n) is 5.18. The summed E-state index contributed by atoms with van der Waals surface area (Å²) in [6.45, 7) is 6.96. The highest BCUT2D eigenvalue weighted by molar-refractivity contribution is 4.77. The van der Waals surface area contributed by atoms with Gasteiger partial charge in [-0.1, -0.05) is 6.42 Å². The maximum Gasteiger partial charge on any atom is 0.0528 e. The third kappa shape index (κ3) is 1.80. The van der Waals surface area contributed by atoms with Crippen LogP contribution in [-0.2, 0) is 4.74 Å². The Balaban J connectivity index is 1.76. The Labute approximate surface area is 74.9 Å². The predicted octanol–water partition coefficient (Wildman–Crippen LogP) is 1.51. The van der Waals surface area contributed by atoms with E-state index in [9.17, 15) is 0 Å². The molecular formula is C10H19NO. The van der Waals surface area contributed by atoms with E-state index < -0.39 is 0 Å². The number of piperidine rings is 1. The van der Waals surface area contributed by atoms with E-state index in [2.05, 4.69) is 11.8 Å². The summed E-state index contributed by atoms with van der Waals surface area (Å²) in [5, 5.41) is 0. The second-order valence-corrected chi connectivity index (χ2v) is 4.24. The summed E-state index contributed by atoms with van der Waals surface area (Å²) in [6.07, 6.45) is 4.23. The molecule has 0 aliphatic carbocycles. The molecule has 2 heterocycles. The van der Waals surface area contributed by atoms with Crippen LogP contribution in [0.3, 0.4) is 0 Å². The molecule has 2 fully saturated rings. The van der Waals surface area contributed by atoms with Gasteiger partial charge in [-0.2, -0.15) is 0 Å². The van der Waals surface area contributed by atoms with Crippen LogP contribution in [0.1, 0.15) is 26.2 Å². The molecule has 2 saturated heterocycles. The summed E-state index contributed by atoms with van der Waals surface area (Å²) < 4.78 is 5.18. The lowest BCUT2D eigenvalue weighted by Gasteiger charge is -2.38. The van der Waals surface area contributed by atoms with Gasteiger partial charge in [0.2, 0.25) is 0 Å². The number of nitrogens with zero attached hydrogens (tertiary/aromatic N) is 1. The topological polar surface area (TPSA) is 12.5 Å². The van der Waals surface area contributed by atoms with Crippen molar-refractivity contribution in [3.63, 3.8) is 0 Å². The quantitative estimate of drug-likeness (QED) is 0.621. The monoisotopic (exact) mass is 169 g/mol. The van der Waals surface area contributed by atoms with Gasteiger partial charge in [0.05, 0.1) is 13.2 Å². The van der Waals surface area contributed by atoms with Crippen LogP contribution in [0.2, 0.25) is 0 Å². The van der Waals surface area contributed by atoms with Crippen LogP contribution in [-0.4, -0.2) is 37.2 Å². The maximum absolute atomic E-state index is 5.18. The normalized spacial score (nSPS) is 33.2. The molecule has 2 aliphatic rings. The summed E-state index contributed by atoms with van der Waals surface area (Å²) in [7, 11) is 0. The van der Waals surface area contributed by atoms with Crippen molar-refractivity contribution in [2.45, 2.75) is 32.2 Å². The zero-order valence-electron chi connectivity index (χ0n) is 7.96. The second-order valence-electron chi connectivity index (χ2n) is 4.24. The molecule has 2 aliphatic heterocycles. The van der Waals surface area contributed by atoms with Crippen LogP contribution in [0.4, 0.5) is 0 Å². The van der Waals surface area contributed by atoms with Crippen LogP contribution in [0.5, 0.6) is 0 Å². The molecule has 70 valence electrons. The zero-order valence-corrected chi connectivity index (χ0v) is 7.96. The Hall–Kier alpha value is -0.0800. The molecule has 0 aromatic rings. The summed E-state index contributed by atoms with van der Waals surface area (Å²) in [4.78, 5) is 2.64. The zero-order chi connectivity index (χ0) is 8.39. The highest BCUT2D eigenvalue weighted by atomic mass is 16.5. The molecule has 2 nitrogen and oxygen atoms in total. The Bertz CT molecular complexity index is 145. The van der Waals surface area contributed by atoms with E-state index in [4.69, 9.17) is 4.74 Å². The van der Waals surface area contributed by atoms with E-state index in [-0.39, 0.29) is 0 Å². The van der Waals surface area contributed by atoms with E-state index in [1.165, 1.54) is 32.4 Å². The lowest BCUT2D eigenvalue weighted by molar-refractivity contribution is -0.0537. The lowest BCUT2D eigenvalue weighted by atomic mass is 10.0. The SMILES string of the molecule is CC1CCCCN1CC1COC1. The molecule has 0 amide bonds. The van der Waals surface area contributed by atoms with Crippen molar-refractivity contribution in [3.8, 4) is 0 Å². The third-order valence-electron chi connectivity index (χ3n) is 3.14. The summed E-state index contributed by atoms with van der Waals surface area (Å²) in [5.41, 5.74) is 0. The van der Waals surface area contributed by atoms with Gasteiger partial charge in [0.15, 0.2) is 0 Å². The minimum atomic E-state index is 0.819. The molecule has 0 bridgehead atoms. The first kappa shape index (κ1) is 8.52. The van der Waals surface area contributed by atoms with Crippen molar-refractivity contribution in [2.75, 3.05) is 26.3 Å². The summed E-state index contributed by atoms with van der Waals surface area (Å²) >= 11 is 0.